The van der Waals surface area contributed by atoms with Crippen LogP contribution in [0.2, 0.25) is 0 Å². The molecule has 1 aromatic rings. The van der Waals surface area contributed by atoms with E-state index in [-0.39, 0.29) is 0 Å². The molecule has 1 aliphatic rings. The highest BCUT2D eigenvalue weighted by Gasteiger charge is 2.31. The smallest absolute Gasteiger partial charge is 0.422 e. The lowest BCUT2D eigenvalue weighted by Crippen LogP contribution is -2.20. The molecule has 0 atom stereocenters. The largest absolute Gasteiger partial charge is 0.484 e. The Morgan fingerprint density at radius 2 is 2.00 bits per heavy atom. The van der Waals surface area contributed by atoms with Crippen LogP contribution in [0.15, 0.2) is 18.2 Å². The summed E-state index contributed by atoms with van der Waals surface area (Å²) in [7, 11) is 0. The van der Waals surface area contributed by atoms with E-state index in [0.29, 0.717) is 17.6 Å². The zero-order valence-electron chi connectivity index (χ0n) is 12.5. The molecule has 1 fully saturated rings. The molecule has 1 aliphatic carbocycles. The second-order valence-electron chi connectivity index (χ2n) is 6.08. The summed E-state index contributed by atoms with van der Waals surface area (Å²) in [6.45, 7) is 4.70. The maximum atomic E-state index is 12.3. The topological polar surface area (TPSA) is 21.3 Å². The lowest BCUT2D eigenvalue weighted by atomic mass is 10.1. The highest BCUT2D eigenvalue weighted by atomic mass is 19.4. The Morgan fingerprint density at radius 3 is 2.57 bits per heavy atom. The van der Waals surface area contributed by atoms with Gasteiger partial charge in [-0.3, -0.25) is 0 Å². The SMILES string of the molecule is CC(C)CNCc1ccc(OCC(F)(F)F)c(C2CC2)c1. The van der Waals surface area contributed by atoms with Gasteiger partial charge in [-0.2, -0.15) is 13.2 Å². The summed E-state index contributed by atoms with van der Waals surface area (Å²) in [4.78, 5) is 0. The van der Waals surface area contributed by atoms with E-state index >= 15 is 0 Å². The van der Waals surface area contributed by atoms with E-state index in [1.165, 1.54) is 0 Å². The molecule has 118 valence electrons. The quantitative estimate of drug-likeness (QED) is 0.813. The van der Waals surface area contributed by atoms with Crippen LogP contribution in [0, 0.1) is 5.92 Å². The normalized spacial score (nSPS) is 15.5. The lowest BCUT2D eigenvalue weighted by molar-refractivity contribution is -0.153. The van der Waals surface area contributed by atoms with Crippen molar-refractivity contribution in [2.24, 2.45) is 5.92 Å². The van der Waals surface area contributed by atoms with Crippen molar-refractivity contribution in [3.05, 3.63) is 29.3 Å². The van der Waals surface area contributed by atoms with Crippen molar-refractivity contribution in [2.45, 2.75) is 45.3 Å². The lowest BCUT2D eigenvalue weighted by Gasteiger charge is -2.15. The molecule has 0 radical (unpaired) electrons. The van der Waals surface area contributed by atoms with Crippen LogP contribution in [-0.2, 0) is 6.54 Å². The zero-order chi connectivity index (χ0) is 15.5. The number of ether oxygens (including phenoxy) is 1. The number of hydrogen-bond acceptors (Lipinski definition) is 2. The molecule has 1 N–H and O–H groups in total. The molecule has 1 aromatic carbocycles. The highest BCUT2D eigenvalue weighted by molar-refractivity contribution is 5.41. The second-order valence-corrected chi connectivity index (χ2v) is 6.08. The van der Waals surface area contributed by atoms with Gasteiger partial charge in [-0.25, -0.2) is 0 Å². The van der Waals surface area contributed by atoms with Crippen LogP contribution >= 0.6 is 0 Å². The molecular formula is C16H22F3NO. The van der Waals surface area contributed by atoms with E-state index in [0.717, 1.165) is 37.1 Å². The summed E-state index contributed by atoms with van der Waals surface area (Å²) in [6, 6.07) is 5.49. The van der Waals surface area contributed by atoms with Crippen molar-refractivity contribution >= 4 is 0 Å². The molecule has 2 nitrogen and oxygen atoms in total. The number of hydrogen-bond donors (Lipinski definition) is 1. The number of nitrogens with one attached hydrogen (secondary N) is 1. The Hall–Kier alpha value is -1.23. The molecule has 21 heavy (non-hydrogen) atoms. The number of halogens is 3. The van der Waals surface area contributed by atoms with Crippen molar-refractivity contribution in [3.63, 3.8) is 0 Å². The molecule has 0 spiro atoms. The van der Waals surface area contributed by atoms with Gasteiger partial charge in [0.2, 0.25) is 0 Å². The maximum Gasteiger partial charge on any atom is 0.422 e. The van der Waals surface area contributed by atoms with Crippen molar-refractivity contribution in [1.29, 1.82) is 0 Å². The fourth-order valence-electron chi connectivity index (χ4n) is 2.22. The Balaban J connectivity index is 2.01. The Bertz CT molecular complexity index is 467. The van der Waals surface area contributed by atoms with E-state index in [9.17, 15) is 13.2 Å². The third-order valence-corrected chi connectivity index (χ3v) is 3.36. The Morgan fingerprint density at radius 1 is 1.29 bits per heavy atom. The van der Waals surface area contributed by atoms with E-state index in [1.807, 2.05) is 12.1 Å². The molecule has 1 saturated carbocycles. The van der Waals surface area contributed by atoms with Crippen molar-refractivity contribution < 1.29 is 17.9 Å². The predicted molar refractivity (Wildman–Crippen MR) is 76.5 cm³/mol. The minimum absolute atomic E-state index is 0.360. The van der Waals surface area contributed by atoms with E-state index in [2.05, 4.69) is 19.2 Å². The standard InChI is InChI=1S/C16H22F3NO/c1-11(2)8-20-9-12-3-6-15(21-10-16(17,18)19)14(7-12)13-4-5-13/h3,6-7,11,13,20H,4-5,8-10H2,1-2H3. The second kappa shape index (κ2) is 6.69. The highest BCUT2D eigenvalue weighted by Crippen LogP contribution is 2.44. The summed E-state index contributed by atoms with van der Waals surface area (Å²) in [5, 5.41) is 3.34. The van der Waals surface area contributed by atoms with Gasteiger partial charge in [-0.1, -0.05) is 26.0 Å². The molecule has 0 bridgehead atoms. The van der Waals surface area contributed by atoms with Crippen LogP contribution in [-0.4, -0.2) is 19.3 Å². The van der Waals surface area contributed by atoms with E-state index < -0.39 is 12.8 Å². The van der Waals surface area contributed by atoms with Crippen LogP contribution in [0.1, 0.15) is 43.7 Å². The van der Waals surface area contributed by atoms with Crippen molar-refractivity contribution in [3.8, 4) is 5.75 Å². The van der Waals surface area contributed by atoms with Gasteiger partial charge in [0.05, 0.1) is 0 Å². The first-order valence-electron chi connectivity index (χ1n) is 7.38. The van der Waals surface area contributed by atoms with Gasteiger partial charge in [0, 0.05) is 6.54 Å². The monoisotopic (exact) mass is 301 g/mol. The fraction of sp³-hybridized carbons (Fsp3) is 0.625. The summed E-state index contributed by atoms with van der Waals surface area (Å²) in [5.41, 5.74) is 2.01. The van der Waals surface area contributed by atoms with Crippen LogP contribution in [0.25, 0.3) is 0 Å². The van der Waals surface area contributed by atoms with Gasteiger partial charge in [0.25, 0.3) is 0 Å². The number of alkyl halides is 3. The molecular weight excluding hydrogens is 279 g/mol. The van der Waals surface area contributed by atoms with Crippen LogP contribution < -0.4 is 10.1 Å². The van der Waals surface area contributed by atoms with Gasteiger partial charge < -0.3 is 10.1 Å². The van der Waals surface area contributed by atoms with Crippen molar-refractivity contribution in [1.82, 2.24) is 5.32 Å². The number of benzene rings is 1. The maximum absolute atomic E-state index is 12.3. The Kier molecular flexibility index (Phi) is 5.14. The summed E-state index contributed by atoms with van der Waals surface area (Å²) >= 11 is 0. The average molecular weight is 301 g/mol. The molecule has 0 unspecified atom stereocenters. The third kappa shape index (κ3) is 5.58. The molecule has 0 amide bonds. The first kappa shape index (κ1) is 16.1. The number of rotatable bonds is 7. The zero-order valence-corrected chi connectivity index (χ0v) is 12.5. The first-order chi connectivity index (χ1) is 9.85. The summed E-state index contributed by atoms with van der Waals surface area (Å²) in [5.74, 6) is 1.31. The molecule has 0 saturated heterocycles. The predicted octanol–water partition coefficient (Wildman–Crippen LogP) is 4.25. The fourth-order valence-corrected chi connectivity index (χ4v) is 2.22. The molecule has 2 rings (SSSR count). The van der Waals surface area contributed by atoms with Gasteiger partial charge in [-0.05, 0) is 48.4 Å². The van der Waals surface area contributed by atoms with Gasteiger partial charge >= 0.3 is 6.18 Å². The van der Waals surface area contributed by atoms with Gasteiger partial charge in [0.15, 0.2) is 6.61 Å². The Labute approximate surface area is 123 Å². The van der Waals surface area contributed by atoms with Crippen molar-refractivity contribution in [2.75, 3.05) is 13.2 Å². The minimum Gasteiger partial charge on any atom is -0.484 e. The minimum atomic E-state index is -4.29. The van der Waals surface area contributed by atoms with Crippen LogP contribution in [0.3, 0.4) is 0 Å². The molecule has 0 heterocycles. The van der Waals surface area contributed by atoms with E-state index in [1.54, 1.807) is 6.07 Å². The van der Waals surface area contributed by atoms with E-state index in [4.69, 9.17) is 4.74 Å². The van der Waals surface area contributed by atoms with Gasteiger partial charge in [-0.15, -0.1) is 0 Å². The van der Waals surface area contributed by atoms with Gasteiger partial charge in [0.1, 0.15) is 5.75 Å². The van der Waals surface area contributed by atoms with Crippen LogP contribution in [0.4, 0.5) is 13.2 Å². The average Bonchev–Trinajstić information content (AvgIpc) is 3.19. The molecule has 0 aromatic heterocycles. The third-order valence-electron chi connectivity index (χ3n) is 3.36. The van der Waals surface area contributed by atoms with Crippen LogP contribution in [0.5, 0.6) is 5.75 Å². The summed E-state index contributed by atoms with van der Waals surface area (Å²) < 4.78 is 41.8. The summed E-state index contributed by atoms with van der Waals surface area (Å²) in [6.07, 6.45) is -2.23. The molecule has 0 aliphatic heterocycles. The first-order valence-corrected chi connectivity index (χ1v) is 7.38. The molecule has 5 heteroatoms.